The minimum Gasteiger partial charge on any atom is -0.445 e. The largest absolute Gasteiger partial charge is 0.445 e. The van der Waals surface area contributed by atoms with E-state index in [1.54, 1.807) is 30.7 Å². The number of nitrogens with zero attached hydrogens (tertiary/aromatic N) is 6. The number of nitro groups is 1. The first-order valence-corrected chi connectivity index (χ1v) is 14.5. The van der Waals surface area contributed by atoms with Gasteiger partial charge >= 0.3 is 6.09 Å². The second-order valence-electron chi connectivity index (χ2n) is 10.7. The molecule has 0 aliphatic carbocycles. The SMILES string of the molecule is CC(Nc1nccc(-n2cnc3cc(NCC4CCCN4C(=O)OCc4ccccc4)ccc32)n1)c1cccc([N+](=O)[O-])c1. The third kappa shape index (κ3) is 6.43. The summed E-state index contributed by atoms with van der Waals surface area (Å²) < 4.78 is 7.45. The normalized spacial score (nSPS) is 15.2. The van der Waals surface area contributed by atoms with Gasteiger partial charge in [-0.3, -0.25) is 14.7 Å². The van der Waals surface area contributed by atoms with Gasteiger partial charge < -0.3 is 20.3 Å². The van der Waals surface area contributed by atoms with E-state index < -0.39 is 4.92 Å². The summed E-state index contributed by atoms with van der Waals surface area (Å²) in [7, 11) is 0. The van der Waals surface area contributed by atoms with E-state index in [9.17, 15) is 14.9 Å². The molecular weight excluding hydrogens is 560 g/mol. The number of rotatable bonds is 10. The van der Waals surface area contributed by atoms with E-state index in [1.807, 2.05) is 71.0 Å². The number of benzene rings is 3. The van der Waals surface area contributed by atoms with Gasteiger partial charge in [0.1, 0.15) is 18.8 Å². The number of ether oxygens (including phenoxy) is 1. The van der Waals surface area contributed by atoms with Crippen LogP contribution in [0.15, 0.2) is 91.4 Å². The van der Waals surface area contributed by atoms with Gasteiger partial charge in [0.05, 0.1) is 28.0 Å². The Balaban J connectivity index is 1.09. The molecule has 2 unspecified atom stereocenters. The Kier molecular flexibility index (Phi) is 8.30. The molecule has 2 atom stereocenters. The second kappa shape index (κ2) is 12.8. The van der Waals surface area contributed by atoms with Crippen LogP contribution in [0, 0.1) is 10.1 Å². The number of imidazole rings is 1. The Labute approximate surface area is 253 Å². The molecule has 0 saturated carbocycles. The number of carbonyl (C=O) groups excluding carboxylic acids is 1. The van der Waals surface area contributed by atoms with Crippen LogP contribution in [0.25, 0.3) is 16.9 Å². The van der Waals surface area contributed by atoms with Crippen molar-refractivity contribution >= 4 is 34.4 Å². The van der Waals surface area contributed by atoms with E-state index in [0.717, 1.165) is 40.7 Å². The van der Waals surface area contributed by atoms with Gasteiger partial charge in [-0.25, -0.2) is 14.8 Å². The Morgan fingerprint density at radius 2 is 1.95 bits per heavy atom. The first-order chi connectivity index (χ1) is 21.4. The minimum atomic E-state index is -0.411. The second-order valence-corrected chi connectivity index (χ2v) is 10.7. The van der Waals surface area contributed by atoms with Crippen molar-refractivity contribution < 1.29 is 14.5 Å². The quantitative estimate of drug-likeness (QED) is 0.145. The van der Waals surface area contributed by atoms with Crippen LogP contribution in [0.4, 0.5) is 22.1 Å². The molecule has 224 valence electrons. The molecule has 12 nitrogen and oxygen atoms in total. The zero-order valence-corrected chi connectivity index (χ0v) is 24.2. The van der Waals surface area contributed by atoms with Crippen LogP contribution in [-0.4, -0.2) is 54.6 Å². The highest BCUT2D eigenvalue weighted by molar-refractivity contribution is 5.81. The van der Waals surface area contributed by atoms with E-state index in [2.05, 4.69) is 25.6 Å². The number of non-ortho nitro benzene ring substituents is 1. The summed E-state index contributed by atoms with van der Waals surface area (Å²) >= 11 is 0. The number of nitro benzene ring substituents is 1. The molecule has 1 aliphatic rings. The van der Waals surface area contributed by atoms with Crippen molar-refractivity contribution in [3.8, 4) is 5.82 Å². The lowest BCUT2D eigenvalue weighted by Crippen LogP contribution is -2.39. The zero-order valence-electron chi connectivity index (χ0n) is 24.2. The molecule has 3 aromatic carbocycles. The molecule has 1 amide bonds. The summed E-state index contributed by atoms with van der Waals surface area (Å²) in [4.78, 5) is 38.9. The van der Waals surface area contributed by atoms with E-state index in [0.29, 0.717) is 24.9 Å². The van der Waals surface area contributed by atoms with Gasteiger partial charge in [0, 0.05) is 37.1 Å². The number of carbonyl (C=O) groups is 1. The number of hydrogen-bond donors (Lipinski definition) is 2. The first-order valence-electron chi connectivity index (χ1n) is 14.5. The highest BCUT2D eigenvalue weighted by atomic mass is 16.6. The molecule has 1 fully saturated rings. The van der Waals surface area contributed by atoms with Gasteiger partial charge in [0.25, 0.3) is 5.69 Å². The van der Waals surface area contributed by atoms with Gasteiger partial charge in [0.2, 0.25) is 5.95 Å². The Morgan fingerprint density at radius 3 is 2.80 bits per heavy atom. The van der Waals surface area contributed by atoms with Crippen LogP contribution in [0.2, 0.25) is 0 Å². The highest BCUT2D eigenvalue weighted by Gasteiger charge is 2.29. The van der Waals surface area contributed by atoms with Crippen molar-refractivity contribution in [3.63, 3.8) is 0 Å². The van der Waals surface area contributed by atoms with Crippen molar-refractivity contribution in [2.24, 2.45) is 0 Å². The van der Waals surface area contributed by atoms with Crippen LogP contribution in [-0.2, 0) is 11.3 Å². The van der Waals surface area contributed by atoms with Gasteiger partial charge in [0.15, 0.2) is 0 Å². The summed E-state index contributed by atoms with van der Waals surface area (Å²) in [6.45, 7) is 3.45. The van der Waals surface area contributed by atoms with E-state index in [1.165, 1.54) is 6.07 Å². The number of likely N-dealkylation sites (tertiary alicyclic amines) is 1. The molecule has 0 radical (unpaired) electrons. The molecule has 2 N–H and O–H groups in total. The predicted molar refractivity (Wildman–Crippen MR) is 167 cm³/mol. The topological polar surface area (TPSA) is 140 Å². The predicted octanol–water partition coefficient (Wildman–Crippen LogP) is 6.11. The molecule has 12 heteroatoms. The molecule has 44 heavy (non-hydrogen) atoms. The first kappa shape index (κ1) is 28.6. The van der Waals surface area contributed by atoms with E-state index in [4.69, 9.17) is 4.74 Å². The monoisotopic (exact) mass is 592 g/mol. The average molecular weight is 593 g/mol. The maximum atomic E-state index is 12.8. The van der Waals surface area contributed by atoms with Crippen LogP contribution >= 0.6 is 0 Å². The van der Waals surface area contributed by atoms with Crippen molar-refractivity contribution in [2.45, 2.75) is 38.5 Å². The molecule has 1 aliphatic heterocycles. The van der Waals surface area contributed by atoms with Crippen LogP contribution in [0.5, 0.6) is 0 Å². The molecule has 6 rings (SSSR count). The average Bonchev–Trinajstić information content (AvgIpc) is 3.70. The Bertz CT molecular complexity index is 1780. The lowest BCUT2D eigenvalue weighted by atomic mass is 10.1. The maximum Gasteiger partial charge on any atom is 0.410 e. The smallest absolute Gasteiger partial charge is 0.410 e. The molecular formula is C32H32N8O4. The van der Waals surface area contributed by atoms with Crippen LogP contribution in [0.1, 0.15) is 36.9 Å². The Morgan fingerprint density at radius 1 is 1.09 bits per heavy atom. The number of hydrogen-bond acceptors (Lipinski definition) is 9. The third-order valence-electron chi connectivity index (χ3n) is 7.72. The number of nitrogens with one attached hydrogen (secondary N) is 2. The summed E-state index contributed by atoms with van der Waals surface area (Å²) in [5.74, 6) is 1.03. The number of amides is 1. The summed E-state index contributed by atoms with van der Waals surface area (Å²) in [6.07, 6.45) is 4.94. The molecule has 0 spiro atoms. The molecule has 3 heterocycles. The fraction of sp³-hybridized carbons (Fsp3) is 0.250. The molecule has 2 aromatic heterocycles. The van der Waals surface area contributed by atoms with Gasteiger partial charge in [-0.2, -0.15) is 4.98 Å². The molecule has 0 bridgehead atoms. The van der Waals surface area contributed by atoms with E-state index >= 15 is 0 Å². The summed E-state index contributed by atoms with van der Waals surface area (Å²) in [6, 6.07) is 23.7. The van der Waals surface area contributed by atoms with Crippen LogP contribution < -0.4 is 10.6 Å². The van der Waals surface area contributed by atoms with Crippen molar-refractivity contribution in [3.05, 3.63) is 113 Å². The van der Waals surface area contributed by atoms with Gasteiger partial charge in [-0.15, -0.1) is 0 Å². The fourth-order valence-corrected chi connectivity index (χ4v) is 5.37. The number of aromatic nitrogens is 4. The molecule has 5 aromatic rings. The maximum absolute atomic E-state index is 12.8. The summed E-state index contributed by atoms with van der Waals surface area (Å²) in [5.41, 5.74) is 4.32. The lowest BCUT2D eigenvalue weighted by Gasteiger charge is -2.24. The lowest BCUT2D eigenvalue weighted by molar-refractivity contribution is -0.384. The third-order valence-corrected chi connectivity index (χ3v) is 7.72. The standard InChI is InChI=1S/C32H32N8O4/c1-22(24-9-5-10-26(17-24)40(42)43)36-31-33-15-14-30(37-31)39-21-35-28-18-25(12-13-29(28)39)34-19-27-11-6-16-38(27)32(41)44-20-23-7-3-2-4-8-23/h2-5,7-10,12-15,17-18,21-22,27,34H,6,11,16,19-20H2,1H3,(H,33,36,37). The number of anilines is 2. The van der Waals surface area contributed by atoms with Crippen molar-refractivity contribution in [1.82, 2.24) is 24.4 Å². The minimum absolute atomic E-state index is 0.0338. The van der Waals surface area contributed by atoms with Gasteiger partial charge in [-0.1, -0.05) is 42.5 Å². The van der Waals surface area contributed by atoms with Crippen molar-refractivity contribution in [1.29, 1.82) is 0 Å². The number of fused-ring (bicyclic) bond motifs is 1. The highest BCUT2D eigenvalue weighted by Crippen LogP contribution is 2.25. The van der Waals surface area contributed by atoms with Crippen LogP contribution in [0.3, 0.4) is 0 Å². The van der Waals surface area contributed by atoms with Gasteiger partial charge in [-0.05, 0) is 55.2 Å². The molecule has 1 saturated heterocycles. The van der Waals surface area contributed by atoms with Crippen molar-refractivity contribution in [2.75, 3.05) is 23.7 Å². The zero-order chi connectivity index (χ0) is 30.5. The summed E-state index contributed by atoms with van der Waals surface area (Å²) in [5, 5.41) is 17.9. The fourth-order valence-electron chi connectivity index (χ4n) is 5.37. The Hall–Kier alpha value is -5.52. The van der Waals surface area contributed by atoms with E-state index in [-0.39, 0.29) is 30.5 Å².